The van der Waals surface area contributed by atoms with Crippen molar-refractivity contribution >= 4 is 56.5 Å². The molecule has 3 aliphatic rings. The molecule has 4 N–H and O–H groups in total. The molecule has 1 aliphatic heterocycles. The maximum Gasteiger partial charge on any atom is 0.378 e. The number of carbonyl (C=O) groups is 4. The highest BCUT2D eigenvalue weighted by molar-refractivity contribution is 6.92. The summed E-state index contributed by atoms with van der Waals surface area (Å²) in [7, 11) is 0. The van der Waals surface area contributed by atoms with Gasteiger partial charge in [0.2, 0.25) is 16.6 Å². The minimum Gasteiger partial charge on any atom is -0.483 e. The second-order valence-corrected chi connectivity index (χ2v) is 20.8. The highest BCUT2D eigenvalue weighted by Crippen LogP contribution is 2.55. The Labute approximate surface area is 489 Å². The van der Waals surface area contributed by atoms with Gasteiger partial charge in [0.05, 0.1) is 27.8 Å². The minimum absolute atomic E-state index is 0. The topological polar surface area (TPSA) is 218 Å². The van der Waals surface area contributed by atoms with Gasteiger partial charge in [0.1, 0.15) is 36.7 Å². The van der Waals surface area contributed by atoms with Crippen molar-refractivity contribution < 1.29 is 56.8 Å². The number of hydrogen-bond acceptors (Lipinski definition) is 13. The van der Waals surface area contributed by atoms with E-state index in [0.717, 1.165) is 30.4 Å². The lowest BCUT2D eigenvalue weighted by atomic mass is 9.98. The zero-order valence-corrected chi connectivity index (χ0v) is 48.5. The standard InChI is InChI=1S/C29H28ClFN2O5.C24H20ClFO6.C8H17NO.CH4.H3P/c1-2-33-28(37)25-27(38-16-18-7-4-3-5-8-18)26(36)21(14-32(25)17-29(33)13-20(29)15-34)23(35)12-11-19-9-6-10-22(30)24(19)31;1-2-30-24(29)23-22(31-13-15-7-4-3-5-8-15)21(28)17(14-32-23)19(27)12-11-16-9-6-10-18(25)20(16)26;1-2-3-8(6-9)4-7(8)5-10;;/h3-10,14,20,34H,2,11-13,15-17H2,1H3;3-10,14H,2,11-13H2,1H3;7,10H,2-6,9H2,1H3;1H4;1H3/t20-,29-;;7-,8+;;/m1.1../s1. The summed E-state index contributed by atoms with van der Waals surface area (Å²) in [5.41, 5.74) is 5.66. The van der Waals surface area contributed by atoms with Gasteiger partial charge in [0, 0.05) is 51.3 Å². The summed E-state index contributed by atoms with van der Waals surface area (Å²) in [5.74, 6) is -4.10. The second kappa shape index (κ2) is 30.1. The van der Waals surface area contributed by atoms with Gasteiger partial charge in [-0.05, 0) is 98.2 Å². The molecule has 440 valence electrons. The van der Waals surface area contributed by atoms with Gasteiger partial charge < -0.3 is 44.0 Å². The summed E-state index contributed by atoms with van der Waals surface area (Å²) in [5, 5.41) is 18.6. The van der Waals surface area contributed by atoms with Gasteiger partial charge in [0.15, 0.2) is 23.0 Å². The Balaban J connectivity index is 0.000000254. The quantitative estimate of drug-likeness (QED) is 0.0328. The van der Waals surface area contributed by atoms with Crippen molar-refractivity contribution in [2.24, 2.45) is 23.0 Å². The van der Waals surface area contributed by atoms with Gasteiger partial charge >= 0.3 is 5.97 Å². The van der Waals surface area contributed by atoms with E-state index in [4.69, 9.17) is 52.7 Å². The van der Waals surface area contributed by atoms with Gasteiger partial charge in [-0.1, -0.05) is 129 Å². The van der Waals surface area contributed by atoms with Crippen LogP contribution in [-0.2, 0) is 37.3 Å². The normalized spacial score (nSPS) is 18.0. The molecule has 4 aromatic carbocycles. The van der Waals surface area contributed by atoms with Crippen molar-refractivity contribution in [2.45, 2.75) is 105 Å². The number of amides is 1. The number of esters is 1. The Morgan fingerprint density at radius 3 is 1.73 bits per heavy atom. The van der Waals surface area contributed by atoms with Crippen molar-refractivity contribution in [3.05, 3.63) is 196 Å². The number of carbonyl (C=O) groups excluding carboxylic acids is 4. The third-order valence-corrected chi connectivity index (χ3v) is 15.5. The number of aliphatic hydroxyl groups excluding tert-OH is 2. The van der Waals surface area contributed by atoms with E-state index in [9.17, 15) is 42.7 Å². The number of aliphatic hydroxyl groups is 2. The smallest absolute Gasteiger partial charge is 0.378 e. The van der Waals surface area contributed by atoms with Gasteiger partial charge in [-0.15, -0.1) is 0 Å². The molecule has 2 fully saturated rings. The first-order valence-corrected chi connectivity index (χ1v) is 27.4. The van der Waals surface area contributed by atoms with Crippen molar-refractivity contribution in [1.82, 2.24) is 9.47 Å². The SMILES string of the molecule is C.CCC[C@@]1(CN)C[C@@H]1CO.CCN1C(=O)c2c(OCc3ccccc3)c(=O)c(C(=O)CCc3cccc(Cl)c3F)cn2C[C@@]12C[C@@H]2CO.CCOC(=O)c1occ(C(=O)CCc2cccc(Cl)c2F)c(=O)c1OCc1ccccc1.P. The number of aryl methyl sites for hydroxylation is 2. The molecule has 2 saturated carbocycles. The van der Waals surface area contributed by atoms with Crippen molar-refractivity contribution in [2.75, 3.05) is 32.9 Å². The number of hydrogen-bond donors (Lipinski definition) is 3. The molecule has 20 heteroatoms. The molecular formula is C62H72Cl2F2N3O12P. The first kappa shape index (κ1) is 66.2. The fraction of sp³-hybridized carbons (Fsp3) is 0.387. The van der Waals surface area contributed by atoms with E-state index in [2.05, 4.69) is 6.92 Å². The van der Waals surface area contributed by atoms with E-state index in [1.165, 1.54) is 37.2 Å². The molecule has 0 bridgehead atoms. The van der Waals surface area contributed by atoms with Crippen LogP contribution in [0.25, 0.3) is 0 Å². The molecule has 0 saturated heterocycles. The monoisotopic (exact) mass is 1190 g/mol. The Hall–Kier alpha value is -6.59. The van der Waals surface area contributed by atoms with Crippen molar-refractivity contribution in [3.8, 4) is 11.5 Å². The first-order chi connectivity index (χ1) is 38.5. The number of nitrogens with two attached hydrogens (primary N) is 1. The van der Waals surface area contributed by atoms with Crippen molar-refractivity contribution in [3.63, 3.8) is 0 Å². The largest absolute Gasteiger partial charge is 0.483 e. The highest BCUT2D eigenvalue weighted by atomic mass is 35.5. The summed E-state index contributed by atoms with van der Waals surface area (Å²) in [4.78, 5) is 80.2. The predicted molar refractivity (Wildman–Crippen MR) is 315 cm³/mol. The average Bonchev–Trinajstić information content (AvgIpc) is 3.33. The van der Waals surface area contributed by atoms with Crippen LogP contribution in [0.4, 0.5) is 8.78 Å². The van der Waals surface area contributed by atoms with Gasteiger partial charge in [-0.2, -0.15) is 9.90 Å². The number of benzene rings is 4. The highest BCUT2D eigenvalue weighted by Gasteiger charge is 2.62. The van der Waals surface area contributed by atoms with Gasteiger partial charge in [-0.25, -0.2) is 13.6 Å². The average molecular weight is 1190 g/mol. The lowest BCUT2D eigenvalue weighted by Crippen LogP contribution is -2.52. The molecule has 1 amide bonds. The number of fused-ring (bicyclic) bond motifs is 1. The van der Waals surface area contributed by atoms with Crippen LogP contribution in [0.2, 0.25) is 10.0 Å². The first-order valence-electron chi connectivity index (χ1n) is 26.6. The fourth-order valence-corrected chi connectivity index (χ4v) is 10.7. The Morgan fingerprint density at radius 2 is 1.26 bits per heavy atom. The molecule has 1 spiro atoms. The number of aromatic nitrogens is 1. The number of halogens is 4. The number of rotatable bonds is 22. The van der Waals surface area contributed by atoms with E-state index < -0.39 is 57.1 Å². The third-order valence-electron chi connectivity index (χ3n) is 14.9. The number of Topliss-reactive ketones (excluding diaryl/α,β-unsaturated/α-hetero) is 2. The molecular weight excluding hydrogens is 1120 g/mol. The van der Waals surface area contributed by atoms with Crippen LogP contribution < -0.4 is 26.1 Å². The molecule has 2 aromatic heterocycles. The molecule has 5 atom stereocenters. The zero-order valence-electron chi connectivity index (χ0n) is 45.5. The van der Waals surface area contributed by atoms with E-state index in [1.807, 2.05) is 43.3 Å². The Morgan fingerprint density at radius 1 is 0.732 bits per heavy atom. The summed E-state index contributed by atoms with van der Waals surface area (Å²) in [6.07, 6.45) is 6.28. The Kier molecular flexibility index (Phi) is 24.3. The second-order valence-electron chi connectivity index (χ2n) is 20.0. The van der Waals surface area contributed by atoms with Gasteiger partial charge in [0.25, 0.3) is 11.7 Å². The molecule has 2 aliphatic carbocycles. The summed E-state index contributed by atoms with van der Waals surface area (Å²) in [6, 6.07) is 27.2. The summed E-state index contributed by atoms with van der Waals surface area (Å²) < 4.78 is 51.8. The third kappa shape index (κ3) is 15.1. The number of nitrogens with zero attached hydrogens (tertiary/aromatic N) is 2. The van der Waals surface area contributed by atoms with Crippen LogP contribution in [0.5, 0.6) is 11.5 Å². The number of likely N-dealkylation sites (N-methyl/N-ethyl adjacent to an activating group) is 1. The van der Waals surface area contributed by atoms with E-state index in [0.29, 0.717) is 37.5 Å². The fourth-order valence-electron chi connectivity index (χ4n) is 10.3. The van der Waals surface area contributed by atoms with Crippen LogP contribution >= 0.6 is 33.1 Å². The molecule has 9 rings (SSSR count). The van der Waals surface area contributed by atoms with Crippen LogP contribution in [0.3, 0.4) is 0 Å². The van der Waals surface area contributed by atoms with Gasteiger partial charge in [-0.3, -0.25) is 24.0 Å². The molecule has 6 aromatic rings. The van der Waals surface area contributed by atoms with Crippen LogP contribution in [0, 0.1) is 28.9 Å². The predicted octanol–water partition coefficient (Wildman–Crippen LogP) is 10.7. The maximum atomic E-state index is 14.4. The summed E-state index contributed by atoms with van der Waals surface area (Å²) in [6.45, 7) is 7.48. The number of ketones is 2. The Bertz CT molecular complexity index is 3310. The summed E-state index contributed by atoms with van der Waals surface area (Å²) >= 11 is 11.6. The number of pyridine rings is 1. The number of ether oxygens (including phenoxy) is 3. The molecule has 82 heavy (non-hydrogen) atoms. The van der Waals surface area contributed by atoms with E-state index >= 15 is 0 Å². The molecule has 3 heterocycles. The van der Waals surface area contributed by atoms with E-state index in [-0.39, 0.29) is 125 Å². The molecule has 15 nitrogen and oxygen atoms in total. The molecule has 1 unspecified atom stereocenters. The minimum atomic E-state index is -0.882. The lowest BCUT2D eigenvalue weighted by molar-refractivity contribution is 0.0474. The van der Waals surface area contributed by atoms with Crippen LogP contribution in [0.15, 0.2) is 124 Å². The maximum absolute atomic E-state index is 14.4. The van der Waals surface area contributed by atoms with Crippen LogP contribution in [-0.4, -0.2) is 81.6 Å². The zero-order chi connectivity index (χ0) is 57.7. The van der Waals surface area contributed by atoms with Crippen molar-refractivity contribution in [1.29, 1.82) is 0 Å². The van der Waals surface area contributed by atoms with Crippen LogP contribution in [0.1, 0.15) is 131 Å². The lowest BCUT2D eigenvalue weighted by Gasteiger charge is -2.39. The van der Waals surface area contributed by atoms with E-state index in [1.54, 1.807) is 58.9 Å². The molecule has 0 radical (unpaired) electrons.